The van der Waals surface area contributed by atoms with Crippen molar-refractivity contribution >= 4 is 11.4 Å². The minimum absolute atomic E-state index is 0.874. The second-order valence-corrected chi connectivity index (χ2v) is 3.37. The fraction of sp³-hybridized carbons (Fsp3) is 0.0769. The lowest BCUT2D eigenvalue weighted by Gasteiger charge is -1.94. The molecule has 0 saturated heterocycles. The zero-order chi connectivity index (χ0) is 10.5. The number of hydrogen-bond acceptors (Lipinski definition) is 2. The third kappa shape index (κ3) is 2.74. The molecule has 74 valence electrons. The number of azo groups is 1. The second-order valence-electron chi connectivity index (χ2n) is 3.37. The molecule has 0 fully saturated rings. The van der Waals surface area contributed by atoms with Crippen molar-refractivity contribution in [3.63, 3.8) is 0 Å². The molecular formula is C13H12N2. The molecule has 0 aliphatic carbocycles. The maximum Gasteiger partial charge on any atom is 0.0859 e. The minimum atomic E-state index is 0.874. The van der Waals surface area contributed by atoms with Gasteiger partial charge >= 0.3 is 0 Å². The van der Waals surface area contributed by atoms with Crippen LogP contribution in [-0.4, -0.2) is 0 Å². The maximum atomic E-state index is 4.16. The molecule has 0 saturated carbocycles. The van der Waals surface area contributed by atoms with Gasteiger partial charge in [-0.3, -0.25) is 0 Å². The quantitative estimate of drug-likeness (QED) is 0.635. The zero-order valence-electron chi connectivity index (χ0n) is 8.59. The van der Waals surface area contributed by atoms with Crippen molar-refractivity contribution < 1.29 is 0 Å². The molecule has 0 atom stereocenters. The van der Waals surface area contributed by atoms with Crippen LogP contribution in [0.25, 0.3) is 0 Å². The second kappa shape index (κ2) is 4.51. The van der Waals surface area contributed by atoms with Crippen LogP contribution in [0.5, 0.6) is 0 Å². The SMILES string of the molecule is Cc1cccc(N=Nc2ccccc2)c1. The first-order chi connectivity index (χ1) is 7.34. The summed E-state index contributed by atoms with van der Waals surface area (Å²) in [6, 6.07) is 17.7. The molecule has 2 rings (SSSR count). The normalized spacial score (nSPS) is 10.7. The summed E-state index contributed by atoms with van der Waals surface area (Å²) >= 11 is 0. The Kier molecular flexibility index (Phi) is 2.88. The van der Waals surface area contributed by atoms with Crippen LogP contribution in [0, 0.1) is 6.92 Å². The lowest BCUT2D eigenvalue weighted by Crippen LogP contribution is -1.68. The topological polar surface area (TPSA) is 24.7 Å². The van der Waals surface area contributed by atoms with E-state index in [1.807, 2.05) is 61.5 Å². The number of benzene rings is 2. The fourth-order valence-corrected chi connectivity index (χ4v) is 1.30. The summed E-state index contributed by atoms with van der Waals surface area (Å²) in [5, 5.41) is 8.30. The Labute approximate surface area is 89.3 Å². The van der Waals surface area contributed by atoms with Gasteiger partial charge in [-0.1, -0.05) is 30.3 Å². The molecule has 0 N–H and O–H groups in total. The highest BCUT2D eigenvalue weighted by Crippen LogP contribution is 2.18. The fourth-order valence-electron chi connectivity index (χ4n) is 1.30. The molecule has 2 aromatic carbocycles. The first-order valence-electron chi connectivity index (χ1n) is 4.88. The standard InChI is InChI=1S/C13H12N2/c1-11-6-5-9-13(10-11)15-14-12-7-3-2-4-8-12/h2-10H,1H3. The van der Waals surface area contributed by atoms with Gasteiger partial charge in [-0.15, -0.1) is 0 Å². The first-order valence-corrected chi connectivity index (χ1v) is 4.88. The Bertz CT molecular complexity index is 461. The van der Waals surface area contributed by atoms with Gasteiger partial charge in [-0.05, 0) is 36.8 Å². The molecule has 0 heterocycles. The van der Waals surface area contributed by atoms with Crippen molar-refractivity contribution in [3.05, 3.63) is 60.2 Å². The van der Waals surface area contributed by atoms with Crippen molar-refractivity contribution in [3.8, 4) is 0 Å². The molecule has 0 bridgehead atoms. The van der Waals surface area contributed by atoms with E-state index in [1.54, 1.807) is 0 Å². The smallest absolute Gasteiger partial charge is 0.0859 e. The van der Waals surface area contributed by atoms with E-state index in [0.717, 1.165) is 11.4 Å². The maximum absolute atomic E-state index is 4.16. The van der Waals surface area contributed by atoms with Gasteiger partial charge in [-0.25, -0.2) is 0 Å². The van der Waals surface area contributed by atoms with Crippen molar-refractivity contribution in [1.29, 1.82) is 0 Å². The predicted molar refractivity (Wildman–Crippen MR) is 61.8 cm³/mol. The van der Waals surface area contributed by atoms with E-state index in [0.29, 0.717) is 0 Å². The average molecular weight is 196 g/mol. The molecule has 0 aromatic heterocycles. The molecular weight excluding hydrogens is 184 g/mol. The highest BCUT2D eigenvalue weighted by Gasteiger charge is 1.89. The summed E-state index contributed by atoms with van der Waals surface area (Å²) in [6.07, 6.45) is 0. The molecule has 0 amide bonds. The lowest BCUT2D eigenvalue weighted by atomic mass is 10.2. The number of rotatable bonds is 2. The van der Waals surface area contributed by atoms with E-state index in [1.165, 1.54) is 5.56 Å². The third-order valence-electron chi connectivity index (χ3n) is 2.04. The molecule has 2 aromatic rings. The van der Waals surface area contributed by atoms with E-state index in [-0.39, 0.29) is 0 Å². The van der Waals surface area contributed by atoms with E-state index in [2.05, 4.69) is 10.2 Å². The van der Waals surface area contributed by atoms with Crippen LogP contribution in [0.4, 0.5) is 11.4 Å². The molecule has 0 aliphatic heterocycles. The van der Waals surface area contributed by atoms with Gasteiger partial charge in [-0.2, -0.15) is 10.2 Å². The van der Waals surface area contributed by atoms with Crippen LogP contribution in [-0.2, 0) is 0 Å². The van der Waals surface area contributed by atoms with Gasteiger partial charge in [0.25, 0.3) is 0 Å². The highest BCUT2D eigenvalue weighted by molar-refractivity contribution is 5.41. The van der Waals surface area contributed by atoms with Gasteiger partial charge in [0.2, 0.25) is 0 Å². The van der Waals surface area contributed by atoms with E-state index >= 15 is 0 Å². The van der Waals surface area contributed by atoms with E-state index < -0.39 is 0 Å². The summed E-state index contributed by atoms with van der Waals surface area (Å²) in [7, 11) is 0. The van der Waals surface area contributed by atoms with Gasteiger partial charge < -0.3 is 0 Å². The Balaban J connectivity index is 2.19. The molecule has 0 radical (unpaired) electrons. The molecule has 0 aliphatic rings. The monoisotopic (exact) mass is 196 g/mol. The summed E-state index contributed by atoms with van der Waals surface area (Å²) < 4.78 is 0. The van der Waals surface area contributed by atoms with E-state index in [9.17, 15) is 0 Å². The summed E-state index contributed by atoms with van der Waals surface area (Å²) in [5.41, 5.74) is 2.96. The van der Waals surface area contributed by atoms with Crippen LogP contribution in [0.15, 0.2) is 64.8 Å². The Morgan fingerprint density at radius 1 is 0.733 bits per heavy atom. The van der Waals surface area contributed by atoms with E-state index in [4.69, 9.17) is 0 Å². The van der Waals surface area contributed by atoms with Gasteiger partial charge in [0.1, 0.15) is 0 Å². The molecule has 0 unspecified atom stereocenters. The van der Waals surface area contributed by atoms with Gasteiger partial charge in [0.15, 0.2) is 0 Å². The summed E-state index contributed by atoms with van der Waals surface area (Å²) in [5.74, 6) is 0. The van der Waals surface area contributed by atoms with Gasteiger partial charge in [0, 0.05) is 0 Å². The van der Waals surface area contributed by atoms with Gasteiger partial charge in [0.05, 0.1) is 11.4 Å². The average Bonchev–Trinajstić information content (AvgIpc) is 2.28. The number of hydrogen-bond donors (Lipinski definition) is 0. The minimum Gasteiger partial charge on any atom is -0.151 e. The van der Waals surface area contributed by atoms with Crippen molar-refractivity contribution in [2.75, 3.05) is 0 Å². The van der Waals surface area contributed by atoms with Crippen molar-refractivity contribution in [2.24, 2.45) is 10.2 Å². The van der Waals surface area contributed by atoms with Crippen molar-refractivity contribution in [1.82, 2.24) is 0 Å². The zero-order valence-corrected chi connectivity index (χ0v) is 8.59. The number of nitrogens with zero attached hydrogens (tertiary/aromatic N) is 2. The van der Waals surface area contributed by atoms with Crippen LogP contribution in [0.3, 0.4) is 0 Å². The van der Waals surface area contributed by atoms with Crippen LogP contribution >= 0.6 is 0 Å². The third-order valence-corrected chi connectivity index (χ3v) is 2.04. The summed E-state index contributed by atoms with van der Waals surface area (Å²) in [6.45, 7) is 2.04. The molecule has 2 heteroatoms. The highest BCUT2D eigenvalue weighted by atomic mass is 15.1. The Morgan fingerprint density at radius 3 is 2.13 bits per heavy atom. The lowest BCUT2D eigenvalue weighted by molar-refractivity contribution is 1.22. The summed E-state index contributed by atoms with van der Waals surface area (Å²) in [4.78, 5) is 0. The molecule has 15 heavy (non-hydrogen) atoms. The van der Waals surface area contributed by atoms with Crippen molar-refractivity contribution in [2.45, 2.75) is 6.92 Å². The Morgan fingerprint density at radius 2 is 1.40 bits per heavy atom. The molecule has 2 nitrogen and oxygen atoms in total. The van der Waals surface area contributed by atoms with Crippen LogP contribution < -0.4 is 0 Å². The number of aryl methyl sites for hydroxylation is 1. The van der Waals surface area contributed by atoms with Crippen LogP contribution in [0.1, 0.15) is 5.56 Å². The Hall–Kier alpha value is -1.96. The first kappa shape index (κ1) is 9.59. The largest absolute Gasteiger partial charge is 0.151 e. The predicted octanol–water partition coefficient (Wildman–Crippen LogP) is 4.41. The molecule has 0 spiro atoms. The van der Waals surface area contributed by atoms with Crippen LogP contribution in [0.2, 0.25) is 0 Å².